The van der Waals surface area contributed by atoms with Crippen LogP contribution in [-0.2, 0) is 27.2 Å². The molecule has 0 radical (unpaired) electrons. The van der Waals surface area contributed by atoms with E-state index in [2.05, 4.69) is 10.6 Å². The molecular weight excluding hydrogens is 448 g/mol. The summed E-state index contributed by atoms with van der Waals surface area (Å²) < 4.78 is 5.48. The summed E-state index contributed by atoms with van der Waals surface area (Å²) in [6, 6.07) is 15.1. The van der Waals surface area contributed by atoms with Crippen LogP contribution in [-0.4, -0.2) is 52.8 Å². The first kappa shape index (κ1) is 27.9. The molecular formula is C27H36N2O6. The standard InChI is InChI=1S/C27H36N2O6/c1-4-35-21-12-8-11-20(15-21)17-24(31)29-26(18(2)3)27(34)28-22(23(30)13-14-25(32)33)16-19-9-6-5-7-10-19/h5-12,15,18,22-23,26,30H,4,13-14,16-17H2,1-3H3,(H,28,34)(H,29,31)(H,32,33)/t22-,23-,26?/m0/s1. The topological polar surface area (TPSA) is 125 Å². The first-order valence-electron chi connectivity index (χ1n) is 11.9. The number of amides is 2. The number of carboxylic acids is 1. The number of aliphatic hydroxyl groups excluding tert-OH is 1. The van der Waals surface area contributed by atoms with Crippen molar-refractivity contribution in [1.82, 2.24) is 10.6 Å². The Balaban J connectivity index is 2.09. The summed E-state index contributed by atoms with van der Waals surface area (Å²) in [6.07, 6.45) is -0.849. The highest BCUT2D eigenvalue weighted by Crippen LogP contribution is 2.15. The zero-order chi connectivity index (χ0) is 25.8. The number of aliphatic hydroxyl groups is 1. The Morgan fingerprint density at radius 3 is 2.29 bits per heavy atom. The van der Waals surface area contributed by atoms with Crippen LogP contribution in [0.15, 0.2) is 54.6 Å². The van der Waals surface area contributed by atoms with Crippen LogP contribution >= 0.6 is 0 Å². The van der Waals surface area contributed by atoms with E-state index in [1.54, 1.807) is 6.07 Å². The molecule has 8 heteroatoms. The van der Waals surface area contributed by atoms with Gasteiger partial charge in [0, 0.05) is 6.42 Å². The predicted octanol–water partition coefficient (Wildman–Crippen LogP) is 2.72. The van der Waals surface area contributed by atoms with E-state index in [4.69, 9.17) is 9.84 Å². The molecule has 2 aromatic rings. The highest BCUT2D eigenvalue weighted by atomic mass is 16.5. The Kier molecular flexibility index (Phi) is 11.2. The van der Waals surface area contributed by atoms with Crippen LogP contribution in [0.2, 0.25) is 0 Å². The molecule has 35 heavy (non-hydrogen) atoms. The van der Waals surface area contributed by atoms with Crippen LogP contribution in [0.3, 0.4) is 0 Å². The van der Waals surface area contributed by atoms with Gasteiger partial charge in [-0.3, -0.25) is 14.4 Å². The van der Waals surface area contributed by atoms with Gasteiger partial charge in [0.2, 0.25) is 11.8 Å². The number of hydrogen-bond acceptors (Lipinski definition) is 5. The lowest BCUT2D eigenvalue weighted by atomic mass is 9.96. The average Bonchev–Trinajstić information content (AvgIpc) is 2.81. The fourth-order valence-electron chi connectivity index (χ4n) is 3.75. The fraction of sp³-hybridized carbons (Fsp3) is 0.444. The second-order valence-corrected chi connectivity index (χ2v) is 8.85. The van der Waals surface area contributed by atoms with E-state index in [9.17, 15) is 19.5 Å². The third-order valence-electron chi connectivity index (χ3n) is 5.58. The molecule has 2 rings (SSSR count). The van der Waals surface area contributed by atoms with Gasteiger partial charge in [0.25, 0.3) is 0 Å². The number of benzene rings is 2. The predicted molar refractivity (Wildman–Crippen MR) is 133 cm³/mol. The number of nitrogens with one attached hydrogen (secondary N) is 2. The quantitative estimate of drug-likeness (QED) is 0.327. The van der Waals surface area contributed by atoms with Gasteiger partial charge in [-0.25, -0.2) is 0 Å². The maximum atomic E-state index is 13.2. The minimum Gasteiger partial charge on any atom is -0.494 e. The number of carbonyl (C=O) groups excluding carboxylic acids is 2. The lowest BCUT2D eigenvalue weighted by Gasteiger charge is -2.28. The number of ether oxygens (including phenoxy) is 1. The van der Waals surface area contributed by atoms with Crippen LogP contribution in [0.25, 0.3) is 0 Å². The summed E-state index contributed by atoms with van der Waals surface area (Å²) >= 11 is 0. The second kappa shape index (κ2) is 14.1. The highest BCUT2D eigenvalue weighted by Gasteiger charge is 2.29. The van der Waals surface area contributed by atoms with E-state index in [0.29, 0.717) is 18.8 Å². The van der Waals surface area contributed by atoms with E-state index in [1.165, 1.54) is 0 Å². The zero-order valence-electron chi connectivity index (χ0n) is 20.6. The molecule has 0 spiro atoms. The maximum absolute atomic E-state index is 13.2. The monoisotopic (exact) mass is 484 g/mol. The Morgan fingerprint density at radius 1 is 0.971 bits per heavy atom. The number of aliphatic carboxylic acids is 1. The highest BCUT2D eigenvalue weighted by molar-refractivity contribution is 5.88. The normalized spacial score (nSPS) is 13.5. The molecule has 0 aliphatic rings. The van der Waals surface area contributed by atoms with Crippen LogP contribution in [0.4, 0.5) is 0 Å². The van der Waals surface area contributed by atoms with Crippen molar-refractivity contribution < 1.29 is 29.3 Å². The van der Waals surface area contributed by atoms with Gasteiger partial charge in [-0.1, -0.05) is 56.3 Å². The number of rotatable bonds is 14. The van der Waals surface area contributed by atoms with Crippen LogP contribution < -0.4 is 15.4 Å². The van der Waals surface area contributed by atoms with E-state index in [1.807, 2.05) is 69.3 Å². The SMILES string of the molecule is CCOc1cccc(CC(=O)NC(C(=O)N[C@@H](Cc2ccccc2)[C@@H](O)CCC(=O)O)C(C)C)c1. The summed E-state index contributed by atoms with van der Waals surface area (Å²) in [6.45, 7) is 6.06. The third kappa shape index (κ3) is 9.78. The largest absolute Gasteiger partial charge is 0.494 e. The van der Waals surface area contributed by atoms with Crippen molar-refractivity contribution in [1.29, 1.82) is 0 Å². The van der Waals surface area contributed by atoms with Crippen LogP contribution in [0.5, 0.6) is 5.75 Å². The lowest BCUT2D eigenvalue weighted by Crippen LogP contribution is -2.55. The maximum Gasteiger partial charge on any atom is 0.303 e. The van der Waals surface area contributed by atoms with E-state index >= 15 is 0 Å². The minimum absolute atomic E-state index is 0.00197. The first-order chi connectivity index (χ1) is 16.7. The van der Waals surface area contributed by atoms with Crippen molar-refractivity contribution in [3.63, 3.8) is 0 Å². The molecule has 8 nitrogen and oxygen atoms in total. The summed E-state index contributed by atoms with van der Waals surface area (Å²) in [5.74, 6) is -1.28. The average molecular weight is 485 g/mol. The van der Waals surface area contributed by atoms with Gasteiger partial charge < -0.3 is 25.6 Å². The van der Waals surface area contributed by atoms with Crippen LogP contribution in [0, 0.1) is 5.92 Å². The number of carbonyl (C=O) groups is 3. The van der Waals surface area contributed by atoms with Crippen molar-refractivity contribution in [2.45, 2.75) is 64.6 Å². The van der Waals surface area contributed by atoms with Gasteiger partial charge in [-0.15, -0.1) is 0 Å². The van der Waals surface area contributed by atoms with Gasteiger partial charge in [0.05, 0.1) is 25.2 Å². The number of carboxylic acid groups (broad SMARTS) is 1. The summed E-state index contributed by atoms with van der Waals surface area (Å²) in [4.78, 5) is 36.9. The molecule has 0 fully saturated rings. The second-order valence-electron chi connectivity index (χ2n) is 8.85. The van der Waals surface area contributed by atoms with Gasteiger partial charge in [0.15, 0.2) is 0 Å². The van der Waals surface area contributed by atoms with Gasteiger partial charge >= 0.3 is 5.97 Å². The van der Waals surface area contributed by atoms with E-state index < -0.39 is 30.1 Å². The molecule has 0 bridgehead atoms. The third-order valence-corrected chi connectivity index (χ3v) is 5.58. The van der Waals surface area contributed by atoms with Crippen molar-refractivity contribution in [3.8, 4) is 5.75 Å². The molecule has 0 aliphatic carbocycles. The molecule has 0 aromatic heterocycles. The number of hydrogen-bond donors (Lipinski definition) is 4. The molecule has 1 unspecified atom stereocenters. The van der Waals surface area contributed by atoms with E-state index in [-0.39, 0.29) is 31.1 Å². The Morgan fingerprint density at radius 2 is 1.66 bits per heavy atom. The van der Waals surface area contributed by atoms with Crippen molar-refractivity contribution in [2.24, 2.45) is 5.92 Å². The fourth-order valence-corrected chi connectivity index (χ4v) is 3.75. The molecule has 3 atom stereocenters. The molecule has 190 valence electrons. The molecule has 0 aliphatic heterocycles. The molecule has 0 saturated carbocycles. The van der Waals surface area contributed by atoms with Crippen LogP contribution in [0.1, 0.15) is 44.7 Å². The van der Waals surface area contributed by atoms with Crippen molar-refractivity contribution in [3.05, 3.63) is 65.7 Å². The lowest BCUT2D eigenvalue weighted by molar-refractivity contribution is -0.137. The van der Waals surface area contributed by atoms with Gasteiger partial charge in [-0.2, -0.15) is 0 Å². The molecule has 0 heterocycles. The Labute approximate surface area is 206 Å². The molecule has 2 aromatic carbocycles. The summed E-state index contributed by atoms with van der Waals surface area (Å²) in [5.41, 5.74) is 1.66. The van der Waals surface area contributed by atoms with E-state index in [0.717, 1.165) is 11.1 Å². The van der Waals surface area contributed by atoms with Crippen molar-refractivity contribution >= 4 is 17.8 Å². The minimum atomic E-state index is -1.06. The Bertz CT molecular complexity index is 963. The Hall–Kier alpha value is -3.39. The molecule has 0 saturated heterocycles. The first-order valence-corrected chi connectivity index (χ1v) is 11.9. The molecule has 4 N–H and O–H groups in total. The smallest absolute Gasteiger partial charge is 0.303 e. The van der Waals surface area contributed by atoms with Gasteiger partial charge in [-0.05, 0) is 48.9 Å². The zero-order valence-corrected chi connectivity index (χ0v) is 20.6. The van der Waals surface area contributed by atoms with Crippen molar-refractivity contribution in [2.75, 3.05) is 6.61 Å². The molecule has 2 amide bonds. The van der Waals surface area contributed by atoms with Gasteiger partial charge in [0.1, 0.15) is 11.8 Å². The summed E-state index contributed by atoms with van der Waals surface area (Å²) in [5, 5.41) is 25.3. The summed E-state index contributed by atoms with van der Waals surface area (Å²) in [7, 11) is 0.